The van der Waals surface area contributed by atoms with Crippen molar-refractivity contribution in [1.29, 1.82) is 0 Å². The predicted octanol–water partition coefficient (Wildman–Crippen LogP) is 3.40. The third-order valence-corrected chi connectivity index (χ3v) is 4.68. The van der Waals surface area contributed by atoms with Crippen LogP contribution in [0.25, 0.3) is 22.3 Å². The van der Waals surface area contributed by atoms with Gasteiger partial charge >= 0.3 is 23.9 Å². The molecule has 0 bridgehead atoms. The maximum Gasteiger partial charge on any atom is 0.338 e. The number of carbonyl (C=O) groups is 4. The van der Waals surface area contributed by atoms with Crippen molar-refractivity contribution in [2.45, 2.75) is 0 Å². The topological polar surface area (TPSA) is 175 Å². The first-order valence-corrected chi connectivity index (χ1v) is 8.74. The summed E-state index contributed by atoms with van der Waals surface area (Å²) in [6.45, 7) is 0. The molecular formula is C22H15NO8. The van der Waals surface area contributed by atoms with Crippen LogP contribution in [0.3, 0.4) is 0 Å². The van der Waals surface area contributed by atoms with Crippen molar-refractivity contribution in [2.75, 3.05) is 5.73 Å². The molecule has 0 heterocycles. The molecule has 3 aromatic carbocycles. The quantitative estimate of drug-likeness (QED) is 0.373. The van der Waals surface area contributed by atoms with Crippen LogP contribution in [0, 0.1) is 0 Å². The molecule has 9 nitrogen and oxygen atoms in total. The normalized spacial score (nSPS) is 10.5. The monoisotopic (exact) mass is 421 g/mol. The van der Waals surface area contributed by atoms with E-state index in [-0.39, 0.29) is 11.1 Å². The van der Waals surface area contributed by atoms with Gasteiger partial charge in [-0.1, -0.05) is 54.6 Å². The molecule has 3 aromatic rings. The predicted molar refractivity (Wildman–Crippen MR) is 110 cm³/mol. The summed E-state index contributed by atoms with van der Waals surface area (Å²) in [5.74, 6) is -7.39. The zero-order valence-corrected chi connectivity index (χ0v) is 15.7. The number of benzene rings is 3. The third kappa shape index (κ3) is 3.55. The highest BCUT2D eigenvalue weighted by Gasteiger charge is 2.36. The Morgan fingerprint density at radius 1 is 0.548 bits per heavy atom. The van der Waals surface area contributed by atoms with Gasteiger partial charge in [0.1, 0.15) is 0 Å². The van der Waals surface area contributed by atoms with Gasteiger partial charge in [0.15, 0.2) is 0 Å². The van der Waals surface area contributed by atoms with E-state index in [1.54, 1.807) is 48.5 Å². The molecule has 0 aliphatic carbocycles. The Morgan fingerprint density at radius 3 is 1.45 bits per heavy atom. The largest absolute Gasteiger partial charge is 0.478 e. The van der Waals surface area contributed by atoms with E-state index in [2.05, 4.69) is 0 Å². The molecule has 0 saturated heterocycles. The number of aromatic carboxylic acids is 4. The molecule has 0 fully saturated rings. The molecule has 6 N–H and O–H groups in total. The Hall–Kier alpha value is -4.66. The maximum absolute atomic E-state index is 12.1. The highest BCUT2D eigenvalue weighted by molar-refractivity contribution is 6.20. The minimum absolute atomic E-state index is 0.144. The van der Waals surface area contributed by atoms with Gasteiger partial charge in [0, 0.05) is 5.56 Å². The average molecular weight is 421 g/mol. The second-order valence-electron chi connectivity index (χ2n) is 6.42. The molecule has 0 aromatic heterocycles. The molecule has 9 heteroatoms. The van der Waals surface area contributed by atoms with E-state index in [4.69, 9.17) is 5.73 Å². The number of carboxylic acids is 4. The lowest BCUT2D eigenvalue weighted by atomic mass is 9.83. The van der Waals surface area contributed by atoms with Crippen LogP contribution in [-0.4, -0.2) is 44.3 Å². The van der Waals surface area contributed by atoms with E-state index < -0.39 is 51.8 Å². The van der Waals surface area contributed by atoms with Gasteiger partial charge < -0.3 is 26.2 Å². The van der Waals surface area contributed by atoms with Crippen molar-refractivity contribution in [1.82, 2.24) is 0 Å². The third-order valence-electron chi connectivity index (χ3n) is 4.68. The van der Waals surface area contributed by atoms with Crippen molar-refractivity contribution in [3.05, 3.63) is 76.9 Å². The SMILES string of the molecule is Nc1c(C(=O)O)c(C(=O)O)c(C(=O)O)c(C(=O)O)c1-c1ccccc1-c1ccccc1. The highest BCUT2D eigenvalue weighted by atomic mass is 16.4. The first kappa shape index (κ1) is 21.1. The van der Waals surface area contributed by atoms with Gasteiger partial charge in [-0.3, -0.25) is 0 Å². The maximum atomic E-state index is 12.1. The standard InChI is InChI=1S/C22H15NO8/c23-18-13(12-9-5-4-8-11(12)10-6-2-1-3-7-10)14(19(24)25)15(20(26)27)16(21(28)29)17(18)22(30)31/h1-9H,23H2,(H,24,25)(H,26,27)(H,28,29)(H,30,31). The zero-order chi connectivity index (χ0) is 22.9. The van der Waals surface area contributed by atoms with Gasteiger partial charge in [-0.25, -0.2) is 19.2 Å². The van der Waals surface area contributed by atoms with Crippen LogP contribution in [0.4, 0.5) is 5.69 Å². The van der Waals surface area contributed by atoms with Crippen LogP contribution in [0.15, 0.2) is 54.6 Å². The van der Waals surface area contributed by atoms with E-state index in [0.717, 1.165) is 0 Å². The fraction of sp³-hybridized carbons (Fsp3) is 0. The Morgan fingerprint density at radius 2 is 0.968 bits per heavy atom. The number of rotatable bonds is 6. The van der Waals surface area contributed by atoms with Crippen LogP contribution >= 0.6 is 0 Å². The van der Waals surface area contributed by atoms with Crippen LogP contribution in [0.5, 0.6) is 0 Å². The lowest BCUT2D eigenvalue weighted by Crippen LogP contribution is -2.22. The van der Waals surface area contributed by atoms with E-state index >= 15 is 0 Å². The molecule has 0 aliphatic heterocycles. The molecule has 0 unspecified atom stereocenters. The van der Waals surface area contributed by atoms with Crippen LogP contribution in [-0.2, 0) is 0 Å². The molecule has 0 amide bonds. The lowest BCUT2D eigenvalue weighted by molar-refractivity contribution is 0.0620. The molecule has 3 rings (SSSR count). The van der Waals surface area contributed by atoms with Crippen LogP contribution < -0.4 is 5.73 Å². The minimum atomic E-state index is -1.92. The summed E-state index contributed by atoms with van der Waals surface area (Å²) in [6.07, 6.45) is 0. The summed E-state index contributed by atoms with van der Waals surface area (Å²) >= 11 is 0. The first-order chi connectivity index (χ1) is 14.7. The average Bonchev–Trinajstić information content (AvgIpc) is 2.72. The van der Waals surface area contributed by atoms with E-state index in [1.165, 1.54) is 6.07 Å². The highest BCUT2D eigenvalue weighted by Crippen LogP contribution is 2.42. The van der Waals surface area contributed by atoms with E-state index in [9.17, 15) is 39.6 Å². The number of hydrogen-bond donors (Lipinski definition) is 5. The Labute approximate surface area is 174 Å². The number of nitrogens with two attached hydrogens (primary N) is 1. The summed E-state index contributed by atoms with van der Waals surface area (Å²) in [4.78, 5) is 47.6. The zero-order valence-electron chi connectivity index (χ0n) is 15.7. The Kier molecular flexibility index (Phi) is 5.43. The molecule has 0 aliphatic rings. The lowest BCUT2D eigenvalue weighted by Gasteiger charge is -2.20. The van der Waals surface area contributed by atoms with Gasteiger partial charge in [-0.2, -0.15) is 0 Å². The molecule has 0 atom stereocenters. The fourth-order valence-electron chi connectivity index (χ4n) is 3.48. The summed E-state index contributed by atoms with van der Waals surface area (Å²) in [7, 11) is 0. The van der Waals surface area contributed by atoms with Crippen molar-refractivity contribution in [3.8, 4) is 22.3 Å². The van der Waals surface area contributed by atoms with Crippen molar-refractivity contribution < 1.29 is 39.6 Å². The number of carboxylic acid groups (broad SMARTS) is 4. The van der Waals surface area contributed by atoms with Gasteiger partial charge in [0.05, 0.1) is 27.9 Å². The minimum Gasteiger partial charge on any atom is -0.478 e. The second kappa shape index (κ2) is 7.99. The Bertz CT molecular complexity index is 1250. The van der Waals surface area contributed by atoms with E-state index in [0.29, 0.717) is 11.1 Å². The smallest absolute Gasteiger partial charge is 0.338 e. The summed E-state index contributed by atoms with van der Waals surface area (Å²) in [5, 5.41) is 38.6. The van der Waals surface area contributed by atoms with E-state index in [1.807, 2.05) is 0 Å². The molecule has 0 spiro atoms. The van der Waals surface area contributed by atoms with Gasteiger partial charge in [0.2, 0.25) is 0 Å². The number of hydrogen-bond acceptors (Lipinski definition) is 5. The molecular weight excluding hydrogens is 406 g/mol. The first-order valence-electron chi connectivity index (χ1n) is 8.74. The number of nitrogen functional groups attached to an aromatic ring is 1. The van der Waals surface area contributed by atoms with Crippen LogP contribution in [0.2, 0.25) is 0 Å². The summed E-state index contributed by atoms with van der Waals surface area (Å²) < 4.78 is 0. The Balaban J connectivity index is 2.60. The van der Waals surface area contributed by atoms with Crippen molar-refractivity contribution in [2.24, 2.45) is 0 Å². The molecule has 31 heavy (non-hydrogen) atoms. The van der Waals surface area contributed by atoms with Crippen LogP contribution in [0.1, 0.15) is 41.4 Å². The van der Waals surface area contributed by atoms with Gasteiger partial charge in [0.25, 0.3) is 0 Å². The van der Waals surface area contributed by atoms with Crippen molar-refractivity contribution >= 4 is 29.6 Å². The summed E-state index contributed by atoms with van der Waals surface area (Å²) in [6, 6.07) is 14.9. The molecule has 156 valence electrons. The summed E-state index contributed by atoms with van der Waals surface area (Å²) in [5.41, 5.74) is 1.93. The fourth-order valence-corrected chi connectivity index (χ4v) is 3.48. The number of anilines is 1. The molecule has 0 radical (unpaired) electrons. The van der Waals surface area contributed by atoms with Gasteiger partial charge in [-0.15, -0.1) is 0 Å². The second-order valence-corrected chi connectivity index (χ2v) is 6.42. The van der Waals surface area contributed by atoms with Gasteiger partial charge in [-0.05, 0) is 16.7 Å². The van der Waals surface area contributed by atoms with Crippen molar-refractivity contribution in [3.63, 3.8) is 0 Å². The molecule has 0 saturated carbocycles.